The zero-order valence-corrected chi connectivity index (χ0v) is 24.4. The first-order chi connectivity index (χ1) is 20.7. The molecule has 1 saturated heterocycles. The topological polar surface area (TPSA) is 169 Å². The molecule has 3 aromatic rings. The molecule has 1 saturated carbocycles. The van der Waals surface area contributed by atoms with Gasteiger partial charge in [-0.2, -0.15) is 10.1 Å². The molecular weight excluding hydrogens is 550 g/mol. The number of carbonyl (C=O) groups excluding carboxylic acids is 3. The Bertz CT molecular complexity index is 1530. The van der Waals surface area contributed by atoms with E-state index in [9.17, 15) is 14.4 Å². The van der Waals surface area contributed by atoms with E-state index >= 15 is 0 Å². The van der Waals surface area contributed by atoms with Gasteiger partial charge in [0.1, 0.15) is 17.1 Å². The van der Waals surface area contributed by atoms with Crippen LogP contribution in [-0.4, -0.2) is 68.6 Å². The lowest BCUT2D eigenvalue weighted by Crippen LogP contribution is -2.39. The van der Waals surface area contributed by atoms with Crippen LogP contribution in [0.4, 0.5) is 23.1 Å². The highest BCUT2D eigenvalue weighted by molar-refractivity contribution is 5.99. The summed E-state index contributed by atoms with van der Waals surface area (Å²) in [4.78, 5) is 47.8. The Hall–Kier alpha value is -4.94. The van der Waals surface area contributed by atoms with E-state index in [0.717, 1.165) is 44.1 Å². The van der Waals surface area contributed by atoms with Crippen LogP contribution in [0.5, 0.6) is 5.75 Å². The lowest BCUT2D eigenvalue weighted by atomic mass is 10.1. The Kier molecular flexibility index (Phi) is 8.88. The van der Waals surface area contributed by atoms with Crippen LogP contribution in [0, 0.1) is 6.92 Å². The number of nitrogens with two attached hydrogens (primary N) is 1. The highest BCUT2D eigenvalue weighted by atomic mass is 16.5. The maximum atomic E-state index is 12.9. The number of piperidine rings is 1. The Balaban J connectivity index is 1.35. The third-order valence-corrected chi connectivity index (χ3v) is 7.88. The SMILES string of the molecule is C=CC(=O)N1CCC[C@H](n2cc(Nc3ncc(C(N)=O)c(Nc4c(C)cc(C(=O)NC5CCCC5)cc4OC)n3)cn2)C1. The van der Waals surface area contributed by atoms with Gasteiger partial charge in [-0.1, -0.05) is 19.4 Å². The third kappa shape index (κ3) is 6.76. The minimum absolute atomic E-state index is 0.0299. The Morgan fingerprint density at radius 3 is 2.63 bits per heavy atom. The molecule has 0 radical (unpaired) electrons. The Labute approximate surface area is 249 Å². The van der Waals surface area contributed by atoms with Gasteiger partial charge in [0.15, 0.2) is 0 Å². The number of hydrogen-bond donors (Lipinski definition) is 4. The fourth-order valence-electron chi connectivity index (χ4n) is 5.61. The van der Waals surface area contributed by atoms with E-state index in [4.69, 9.17) is 10.5 Å². The number of likely N-dealkylation sites (tertiary alicyclic amines) is 1. The number of carbonyl (C=O) groups is 3. The molecule has 2 aliphatic rings. The van der Waals surface area contributed by atoms with Crippen LogP contribution in [0.15, 0.2) is 43.4 Å². The van der Waals surface area contributed by atoms with Crippen LogP contribution in [-0.2, 0) is 4.79 Å². The summed E-state index contributed by atoms with van der Waals surface area (Å²) in [7, 11) is 1.51. The van der Waals surface area contributed by atoms with Crippen molar-refractivity contribution in [3.8, 4) is 5.75 Å². The van der Waals surface area contributed by atoms with Crippen molar-refractivity contribution in [1.82, 2.24) is 30.0 Å². The molecule has 0 bridgehead atoms. The molecule has 5 N–H and O–H groups in total. The van der Waals surface area contributed by atoms with Gasteiger partial charge in [0.05, 0.1) is 30.7 Å². The van der Waals surface area contributed by atoms with E-state index in [1.807, 2.05) is 17.8 Å². The summed E-state index contributed by atoms with van der Waals surface area (Å²) in [6, 6.07) is 3.64. The monoisotopic (exact) mass is 587 g/mol. The van der Waals surface area contributed by atoms with E-state index in [2.05, 4.69) is 37.6 Å². The lowest BCUT2D eigenvalue weighted by Gasteiger charge is -2.32. The van der Waals surface area contributed by atoms with Crippen LogP contribution < -0.4 is 26.4 Å². The number of methoxy groups -OCH3 is 1. The van der Waals surface area contributed by atoms with Crippen LogP contribution in [0.25, 0.3) is 0 Å². The van der Waals surface area contributed by atoms with E-state index in [-0.39, 0.29) is 41.2 Å². The summed E-state index contributed by atoms with van der Waals surface area (Å²) in [5.74, 6) is -0.150. The van der Waals surface area contributed by atoms with Crippen molar-refractivity contribution < 1.29 is 19.1 Å². The summed E-state index contributed by atoms with van der Waals surface area (Å²) in [5, 5.41) is 13.9. The standard InChI is InChI=1S/C30H37N9O4/c1-4-25(40)38-11-7-10-22(17-38)39-16-21(14-33-39)35-30-32-15-23(27(31)41)28(37-30)36-26-18(2)12-19(13-24(26)43-3)29(42)34-20-8-5-6-9-20/h4,12-16,20,22H,1,5-11,17H2,2-3H3,(H2,31,41)(H,34,42)(H2,32,35,36,37)/t22-/m0/s1. The van der Waals surface area contributed by atoms with Gasteiger partial charge in [-0.3, -0.25) is 19.1 Å². The van der Waals surface area contributed by atoms with Crippen LogP contribution in [0.3, 0.4) is 0 Å². The average Bonchev–Trinajstić information content (AvgIpc) is 3.70. The zero-order valence-electron chi connectivity index (χ0n) is 24.4. The summed E-state index contributed by atoms with van der Waals surface area (Å²) < 4.78 is 7.44. The van der Waals surface area contributed by atoms with E-state index in [1.165, 1.54) is 19.4 Å². The number of nitrogens with zero attached hydrogens (tertiary/aromatic N) is 5. The Morgan fingerprint density at radius 2 is 1.91 bits per heavy atom. The quantitative estimate of drug-likeness (QED) is 0.259. The van der Waals surface area contributed by atoms with Gasteiger partial charge in [-0.25, -0.2) is 4.98 Å². The summed E-state index contributed by atoms with van der Waals surface area (Å²) in [6.45, 7) is 6.67. The van der Waals surface area contributed by atoms with Crippen LogP contribution in [0.1, 0.15) is 70.8 Å². The molecule has 1 aliphatic carbocycles. The maximum absolute atomic E-state index is 12.9. The second kappa shape index (κ2) is 12.9. The smallest absolute Gasteiger partial charge is 0.254 e. The largest absolute Gasteiger partial charge is 0.495 e. The van der Waals surface area contributed by atoms with Gasteiger partial charge in [-0.05, 0) is 56.4 Å². The second-order valence-electron chi connectivity index (χ2n) is 10.9. The van der Waals surface area contributed by atoms with Crippen molar-refractivity contribution in [3.05, 3.63) is 60.1 Å². The van der Waals surface area contributed by atoms with Gasteiger partial charge < -0.3 is 31.3 Å². The Morgan fingerprint density at radius 1 is 1.12 bits per heavy atom. The predicted molar refractivity (Wildman–Crippen MR) is 162 cm³/mol. The van der Waals surface area contributed by atoms with Crippen molar-refractivity contribution in [2.24, 2.45) is 5.73 Å². The molecule has 3 amide bonds. The number of hydrogen-bond acceptors (Lipinski definition) is 9. The van der Waals surface area contributed by atoms with Crippen molar-refractivity contribution in [3.63, 3.8) is 0 Å². The van der Waals surface area contributed by atoms with Gasteiger partial charge in [0.2, 0.25) is 11.9 Å². The number of amides is 3. The molecule has 226 valence electrons. The molecule has 2 fully saturated rings. The molecule has 13 nitrogen and oxygen atoms in total. The molecule has 13 heteroatoms. The number of aromatic nitrogens is 4. The summed E-state index contributed by atoms with van der Waals surface area (Å²) in [5.41, 5.74) is 8.10. The molecule has 5 rings (SSSR count). The zero-order chi connectivity index (χ0) is 30.5. The van der Waals surface area contributed by atoms with Crippen molar-refractivity contribution in [1.29, 1.82) is 0 Å². The molecule has 1 atom stereocenters. The summed E-state index contributed by atoms with van der Waals surface area (Å²) in [6.07, 6.45) is 12.1. The van der Waals surface area contributed by atoms with Crippen molar-refractivity contribution in [2.45, 2.75) is 57.5 Å². The third-order valence-electron chi connectivity index (χ3n) is 7.88. The number of nitrogens with one attached hydrogen (secondary N) is 3. The summed E-state index contributed by atoms with van der Waals surface area (Å²) >= 11 is 0. The van der Waals surface area contributed by atoms with E-state index in [0.29, 0.717) is 35.8 Å². The fourth-order valence-corrected chi connectivity index (χ4v) is 5.61. The normalized spacial score (nSPS) is 16.9. The second-order valence-corrected chi connectivity index (χ2v) is 10.9. The molecule has 1 aliphatic heterocycles. The number of benzene rings is 1. The average molecular weight is 588 g/mol. The number of aryl methyl sites for hydroxylation is 1. The van der Waals surface area contributed by atoms with Crippen LogP contribution in [0.2, 0.25) is 0 Å². The number of anilines is 4. The highest BCUT2D eigenvalue weighted by Crippen LogP contribution is 2.34. The molecular formula is C30H37N9O4. The van der Waals surface area contributed by atoms with Gasteiger partial charge in [0, 0.05) is 37.1 Å². The minimum Gasteiger partial charge on any atom is -0.495 e. The molecule has 3 heterocycles. The first-order valence-corrected chi connectivity index (χ1v) is 14.4. The highest BCUT2D eigenvalue weighted by Gasteiger charge is 2.25. The van der Waals surface area contributed by atoms with Gasteiger partial charge >= 0.3 is 0 Å². The van der Waals surface area contributed by atoms with Crippen LogP contribution >= 0.6 is 0 Å². The first-order valence-electron chi connectivity index (χ1n) is 14.4. The predicted octanol–water partition coefficient (Wildman–Crippen LogP) is 3.60. The van der Waals surface area contributed by atoms with E-state index in [1.54, 1.807) is 23.2 Å². The maximum Gasteiger partial charge on any atom is 0.254 e. The van der Waals surface area contributed by atoms with Crippen molar-refractivity contribution in [2.75, 3.05) is 30.8 Å². The number of ether oxygens (including phenoxy) is 1. The minimum atomic E-state index is -0.707. The molecule has 0 unspecified atom stereocenters. The van der Waals surface area contributed by atoms with E-state index < -0.39 is 5.91 Å². The van der Waals surface area contributed by atoms with Crippen molar-refractivity contribution >= 4 is 40.9 Å². The molecule has 2 aromatic heterocycles. The lowest BCUT2D eigenvalue weighted by molar-refractivity contribution is -0.127. The number of rotatable bonds is 10. The molecule has 0 spiro atoms. The molecule has 1 aromatic carbocycles. The first kappa shape index (κ1) is 29.5. The number of primary amides is 1. The molecule has 43 heavy (non-hydrogen) atoms. The van der Waals surface area contributed by atoms with Gasteiger partial charge in [-0.15, -0.1) is 0 Å². The van der Waals surface area contributed by atoms with Gasteiger partial charge in [0.25, 0.3) is 11.8 Å². The fraction of sp³-hybridized carbons (Fsp3) is 0.400.